The number of hydrogen-bond donors (Lipinski definition) is 3. The minimum atomic E-state index is -0.177. The van der Waals surface area contributed by atoms with Crippen LogP contribution in [0.4, 0.5) is 11.5 Å². The van der Waals surface area contributed by atoms with E-state index < -0.39 is 0 Å². The molecule has 0 saturated carbocycles. The molecule has 10 heteroatoms. The van der Waals surface area contributed by atoms with Crippen molar-refractivity contribution in [2.45, 2.75) is 5.16 Å². The quantitative estimate of drug-likeness (QED) is 0.388. The zero-order valence-electron chi connectivity index (χ0n) is 17.2. The molecular formula is C20H26N8OS. The van der Waals surface area contributed by atoms with Crippen LogP contribution in [0, 0.1) is 0 Å². The lowest BCUT2D eigenvalue weighted by atomic mass is 10.2. The number of aromatic nitrogens is 4. The lowest BCUT2D eigenvalue weighted by Gasteiger charge is -2.32. The molecule has 0 unspecified atom stereocenters. The standard InChI is InChI=1S/C20H26N8OS/c1-27-7-9-28(10-8-27)6-5-21-19(29)16-13-22-20(30-2)25-18(16)24-15-3-4-17-14(11-15)12-23-26-17/h3-4,11-13H,5-10H2,1-2H3,(H,21,29)(H,23,26)(H,22,24,25). The highest BCUT2D eigenvalue weighted by molar-refractivity contribution is 7.98. The Labute approximate surface area is 179 Å². The number of fused-ring (bicyclic) bond motifs is 1. The number of hydrogen-bond acceptors (Lipinski definition) is 8. The zero-order valence-corrected chi connectivity index (χ0v) is 18.0. The van der Waals surface area contributed by atoms with Crippen LogP contribution in [0.2, 0.25) is 0 Å². The second kappa shape index (κ2) is 9.41. The van der Waals surface area contributed by atoms with Crippen molar-refractivity contribution < 1.29 is 4.79 Å². The van der Waals surface area contributed by atoms with Gasteiger partial charge in [0.2, 0.25) is 0 Å². The average molecular weight is 427 g/mol. The smallest absolute Gasteiger partial charge is 0.256 e. The number of amides is 1. The molecule has 30 heavy (non-hydrogen) atoms. The van der Waals surface area contributed by atoms with E-state index in [9.17, 15) is 4.79 Å². The summed E-state index contributed by atoms with van der Waals surface area (Å²) in [4.78, 5) is 26.3. The maximum atomic E-state index is 12.8. The molecule has 0 radical (unpaired) electrons. The highest BCUT2D eigenvalue weighted by atomic mass is 32.2. The SMILES string of the molecule is CSc1ncc(C(=O)NCCN2CCN(C)CC2)c(Nc2ccc3[nH]ncc3c2)n1. The Morgan fingerprint density at radius 1 is 1.23 bits per heavy atom. The van der Waals surface area contributed by atoms with Gasteiger partial charge in [-0.15, -0.1) is 0 Å². The number of benzene rings is 1. The molecular weight excluding hydrogens is 400 g/mol. The van der Waals surface area contributed by atoms with Gasteiger partial charge in [-0.2, -0.15) is 5.10 Å². The van der Waals surface area contributed by atoms with Gasteiger partial charge in [-0.1, -0.05) is 11.8 Å². The molecule has 158 valence electrons. The third-order valence-electron chi connectivity index (χ3n) is 5.21. The molecule has 3 N–H and O–H groups in total. The second-order valence-electron chi connectivity index (χ2n) is 7.32. The second-order valence-corrected chi connectivity index (χ2v) is 8.09. The lowest BCUT2D eigenvalue weighted by Crippen LogP contribution is -2.46. The van der Waals surface area contributed by atoms with Crippen molar-refractivity contribution >= 4 is 40.1 Å². The number of carbonyl (C=O) groups excluding carboxylic acids is 1. The fraction of sp³-hybridized carbons (Fsp3) is 0.400. The van der Waals surface area contributed by atoms with Crippen LogP contribution in [0.3, 0.4) is 0 Å². The highest BCUT2D eigenvalue weighted by Gasteiger charge is 2.17. The number of likely N-dealkylation sites (N-methyl/N-ethyl adjacent to an activating group) is 1. The average Bonchev–Trinajstić information content (AvgIpc) is 3.23. The van der Waals surface area contributed by atoms with E-state index in [1.165, 1.54) is 11.8 Å². The first-order valence-electron chi connectivity index (χ1n) is 9.92. The van der Waals surface area contributed by atoms with Crippen molar-refractivity contribution in [2.24, 2.45) is 0 Å². The van der Waals surface area contributed by atoms with Gasteiger partial charge in [0, 0.05) is 56.5 Å². The normalized spacial score (nSPS) is 15.4. The molecule has 1 aliphatic rings. The van der Waals surface area contributed by atoms with Crippen molar-refractivity contribution in [2.75, 3.05) is 57.9 Å². The van der Waals surface area contributed by atoms with Crippen LogP contribution in [-0.4, -0.2) is 88.4 Å². The molecule has 2 aromatic heterocycles. The maximum Gasteiger partial charge on any atom is 0.256 e. The van der Waals surface area contributed by atoms with Gasteiger partial charge in [0.1, 0.15) is 11.4 Å². The summed E-state index contributed by atoms with van der Waals surface area (Å²) in [6, 6.07) is 5.84. The molecule has 1 aliphatic heterocycles. The molecule has 0 bridgehead atoms. The minimum absolute atomic E-state index is 0.177. The summed E-state index contributed by atoms with van der Waals surface area (Å²) < 4.78 is 0. The van der Waals surface area contributed by atoms with E-state index in [0.29, 0.717) is 23.1 Å². The van der Waals surface area contributed by atoms with E-state index in [-0.39, 0.29) is 5.91 Å². The molecule has 0 aliphatic carbocycles. The fourth-order valence-corrected chi connectivity index (χ4v) is 3.72. The molecule has 1 fully saturated rings. The van der Waals surface area contributed by atoms with E-state index in [1.54, 1.807) is 12.4 Å². The first kappa shape index (κ1) is 20.6. The van der Waals surface area contributed by atoms with Crippen molar-refractivity contribution in [1.29, 1.82) is 0 Å². The summed E-state index contributed by atoms with van der Waals surface area (Å²) in [6.07, 6.45) is 5.26. The number of piperazine rings is 1. The summed E-state index contributed by atoms with van der Waals surface area (Å²) in [5.74, 6) is 0.318. The number of rotatable bonds is 7. The number of anilines is 2. The van der Waals surface area contributed by atoms with Gasteiger partial charge in [-0.25, -0.2) is 9.97 Å². The van der Waals surface area contributed by atoms with Gasteiger partial charge in [0.05, 0.1) is 11.7 Å². The predicted molar refractivity (Wildman–Crippen MR) is 119 cm³/mol. The van der Waals surface area contributed by atoms with E-state index >= 15 is 0 Å². The number of nitrogens with zero attached hydrogens (tertiary/aromatic N) is 5. The predicted octanol–water partition coefficient (Wildman–Crippen LogP) is 1.80. The van der Waals surface area contributed by atoms with Crippen LogP contribution >= 0.6 is 11.8 Å². The summed E-state index contributed by atoms with van der Waals surface area (Å²) in [5, 5.41) is 14.9. The first-order valence-corrected chi connectivity index (χ1v) is 11.1. The van der Waals surface area contributed by atoms with Crippen LogP contribution in [0.1, 0.15) is 10.4 Å². The van der Waals surface area contributed by atoms with Crippen molar-refractivity contribution in [3.05, 3.63) is 36.2 Å². The van der Waals surface area contributed by atoms with Crippen molar-refractivity contribution in [1.82, 2.24) is 35.3 Å². The largest absolute Gasteiger partial charge is 0.351 e. The van der Waals surface area contributed by atoms with E-state index in [4.69, 9.17) is 0 Å². The monoisotopic (exact) mass is 426 g/mol. The number of H-pyrrole nitrogens is 1. The molecule has 0 atom stereocenters. The number of nitrogens with one attached hydrogen (secondary N) is 3. The van der Waals surface area contributed by atoms with Gasteiger partial charge in [-0.3, -0.25) is 14.8 Å². The van der Waals surface area contributed by atoms with Crippen molar-refractivity contribution in [3.8, 4) is 0 Å². The fourth-order valence-electron chi connectivity index (χ4n) is 3.38. The Morgan fingerprint density at radius 3 is 2.87 bits per heavy atom. The molecule has 0 spiro atoms. The first-order chi connectivity index (χ1) is 14.6. The Hall–Kier alpha value is -2.69. The minimum Gasteiger partial charge on any atom is -0.351 e. The van der Waals surface area contributed by atoms with Gasteiger partial charge in [0.25, 0.3) is 5.91 Å². The highest BCUT2D eigenvalue weighted by Crippen LogP contribution is 2.23. The lowest BCUT2D eigenvalue weighted by molar-refractivity contribution is 0.0941. The number of thioether (sulfide) groups is 1. The molecule has 1 saturated heterocycles. The molecule has 1 aromatic carbocycles. The molecule has 3 heterocycles. The van der Waals surface area contributed by atoms with Crippen LogP contribution in [-0.2, 0) is 0 Å². The van der Waals surface area contributed by atoms with Gasteiger partial charge < -0.3 is 15.5 Å². The molecule has 9 nitrogen and oxygen atoms in total. The number of carbonyl (C=O) groups is 1. The van der Waals surface area contributed by atoms with Crippen LogP contribution in [0.5, 0.6) is 0 Å². The number of aromatic amines is 1. The topological polar surface area (TPSA) is 102 Å². The Kier molecular flexibility index (Phi) is 6.46. The summed E-state index contributed by atoms with van der Waals surface area (Å²) in [6.45, 7) is 5.61. The van der Waals surface area contributed by atoms with Crippen molar-refractivity contribution in [3.63, 3.8) is 0 Å². The zero-order chi connectivity index (χ0) is 20.9. The maximum absolute atomic E-state index is 12.8. The van der Waals surface area contributed by atoms with Crippen LogP contribution in [0.15, 0.2) is 35.7 Å². The van der Waals surface area contributed by atoms with Crippen LogP contribution in [0.25, 0.3) is 10.9 Å². The summed E-state index contributed by atoms with van der Waals surface area (Å²) in [7, 11) is 2.14. The summed E-state index contributed by atoms with van der Waals surface area (Å²) >= 11 is 1.44. The van der Waals surface area contributed by atoms with Gasteiger partial charge in [-0.05, 0) is 31.5 Å². The summed E-state index contributed by atoms with van der Waals surface area (Å²) in [5.41, 5.74) is 2.22. The third-order valence-corrected chi connectivity index (χ3v) is 5.77. The van der Waals surface area contributed by atoms with Gasteiger partial charge >= 0.3 is 0 Å². The Morgan fingerprint density at radius 2 is 2.07 bits per heavy atom. The van der Waals surface area contributed by atoms with E-state index in [1.807, 2.05) is 24.5 Å². The van der Waals surface area contributed by atoms with E-state index in [2.05, 4.69) is 47.6 Å². The third kappa shape index (κ3) is 4.89. The Balaban J connectivity index is 1.44. The van der Waals surface area contributed by atoms with E-state index in [0.717, 1.165) is 49.3 Å². The Bertz CT molecular complexity index is 1010. The molecule has 4 rings (SSSR count). The molecule has 1 amide bonds. The molecule has 3 aromatic rings. The van der Waals surface area contributed by atoms with Gasteiger partial charge in [0.15, 0.2) is 5.16 Å². The van der Waals surface area contributed by atoms with Crippen LogP contribution < -0.4 is 10.6 Å².